The third kappa shape index (κ3) is 4.96. The summed E-state index contributed by atoms with van der Waals surface area (Å²) in [6.07, 6.45) is 1.31. The summed E-state index contributed by atoms with van der Waals surface area (Å²) in [5.74, 6) is -1.12. The molecule has 0 aliphatic heterocycles. The largest absolute Gasteiger partial charge is 0.274 e. The van der Waals surface area contributed by atoms with Crippen LogP contribution in [0.4, 0.5) is 0 Å². The number of hydrogen-bond acceptors (Lipinski definition) is 5. The topological polar surface area (TPSA) is 113 Å². The molecule has 2 aromatic rings. The fourth-order valence-electron chi connectivity index (χ4n) is 3.88. The quantitative estimate of drug-likeness (QED) is 0.661. The first-order valence-electron chi connectivity index (χ1n) is 10.1. The predicted octanol–water partition coefficient (Wildman–Crippen LogP) is 2.65. The van der Waals surface area contributed by atoms with Crippen molar-refractivity contribution in [2.24, 2.45) is 10.5 Å². The number of hydrogen-bond donors (Lipinski definition) is 3. The van der Waals surface area contributed by atoms with Crippen molar-refractivity contribution < 1.29 is 14.4 Å². The molecule has 0 unspecified atom stereocenters. The summed E-state index contributed by atoms with van der Waals surface area (Å²) < 4.78 is 0. The predicted molar refractivity (Wildman–Crippen MR) is 118 cm³/mol. The van der Waals surface area contributed by atoms with Crippen LogP contribution in [0.15, 0.2) is 35.4 Å². The second-order valence-corrected chi connectivity index (χ2v) is 8.51. The third-order valence-corrected chi connectivity index (χ3v) is 5.02. The Labute approximate surface area is 181 Å². The highest BCUT2D eigenvalue weighted by molar-refractivity contribution is 6.13. The minimum atomic E-state index is -0.467. The second-order valence-electron chi connectivity index (χ2n) is 8.51. The highest BCUT2D eigenvalue weighted by Crippen LogP contribution is 2.40. The number of nitrogens with one attached hydrogen (secondary N) is 3. The normalized spacial score (nSPS) is 15.7. The van der Waals surface area contributed by atoms with E-state index in [9.17, 15) is 14.4 Å². The first-order chi connectivity index (χ1) is 14.6. The Balaban J connectivity index is 2.31. The Morgan fingerprint density at radius 2 is 1.65 bits per heavy atom. The number of rotatable bonds is 3. The van der Waals surface area contributed by atoms with Crippen LogP contribution in [0.25, 0.3) is 11.1 Å². The van der Waals surface area contributed by atoms with Crippen molar-refractivity contribution in [1.29, 1.82) is 0 Å². The lowest BCUT2D eigenvalue weighted by atomic mass is 9.72. The van der Waals surface area contributed by atoms with Gasteiger partial charge >= 0.3 is 0 Å². The maximum Gasteiger partial charge on any atom is 0.272 e. The molecule has 8 nitrogen and oxygen atoms in total. The minimum absolute atomic E-state index is 0.113. The Hall–Kier alpha value is -3.55. The van der Waals surface area contributed by atoms with Gasteiger partial charge in [-0.15, -0.1) is 0 Å². The number of benzene rings is 1. The summed E-state index contributed by atoms with van der Waals surface area (Å²) in [6, 6.07) is 9.52. The van der Waals surface area contributed by atoms with E-state index in [1.54, 1.807) is 6.92 Å². The van der Waals surface area contributed by atoms with Gasteiger partial charge < -0.3 is 0 Å². The number of hydrazone groups is 1. The number of fused-ring (bicyclic) bond motifs is 1. The molecule has 0 bridgehead atoms. The lowest BCUT2D eigenvalue weighted by Crippen LogP contribution is -2.41. The van der Waals surface area contributed by atoms with Crippen molar-refractivity contribution in [1.82, 2.24) is 21.3 Å². The van der Waals surface area contributed by atoms with Crippen molar-refractivity contribution in [2.45, 2.75) is 47.5 Å². The van der Waals surface area contributed by atoms with E-state index in [1.165, 1.54) is 13.8 Å². The first-order valence-corrected chi connectivity index (χ1v) is 10.1. The second kappa shape index (κ2) is 8.67. The molecule has 0 atom stereocenters. The molecule has 0 spiro atoms. The fourth-order valence-corrected chi connectivity index (χ4v) is 3.88. The van der Waals surface area contributed by atoms with Gasteiger partial charge in [-0.05, 0) is 30.7 Å². The van der Waals surface area contributed by atoms with Crippen LogP contribution in [0.3, 0.4) is 0 Å². The van der Waals surface area contributed by atoms with Crippen LogP contribution in [0, 0.1) is 12.3 Å². The van der Waals surface area contributed by atoms with Crippen LogP contribution in [0.2, 0.25) is 0 Å². The highest BCUT2D eigenvalue weighted by Gasteiger charge is 2.35. The molecule has 0 saturated heterocycles. The number of aromatic nitrogens is 1. The number of hydrazine groups is 1. The maximum atomic E-state index is 13.1. The van der Waals surface area contributed by atoms with Gasteiger partial charge in [0.2, 0.25) is 11.8 Å². The molecular weight excluding hydrogens is 394 g/mol. The van der Waals surface area contributed by atoms with Crippen LogP contribution in [-0.4, -0.2) is 28.4 Å². The lowest BCUT2D eigenvalue weighted by molar-refractivity contribution is -0.120. The summed E-state index contributed by atoms with van der Waals surface area (Å²) in [5, 5.41) is 4.39. The van der Waals surface area contributed by atoms with Gasteiger partial charge in [-0.2, -0.15) is 5.10 Å². The number of aryl methyl sites for hydroxylation is 1. The molecule has 0 radical (unpaired) electrons. The molecule has 1 heterocycles. The summed E-state index contributed by atoms with van der Waals surface area (Å²) in [7, 11) is 0. The molecular formula is C23H27N5O3. The molecule has 1 aromatic heterocycles. The van der Waals surface area contributed by atoms with E-state index in [1.807, 2.05) is 30.3 Å². The van der Waals surface area contributed by atoms with Gasteiger partial charge in [0.15, 0.2) is 0 Å². The molecule has 3 N–H and O–H groups in total. The number of carbonyl (C=O) groups excluding carboxylic acids is 3. The van der Waals surface area contributed by atoms with E-state index in [-0.39, 0.29) is 17.2 Å². The summed E-state index contributed by atoms with van der Waals surface area (Å²) >= 11 is 0. The molecule has 1 aliphatic rings. The lowest BCUT2D eigenvalue weighted by Gasteiger charge is -2.33. The van der Waals surface area contributed by atoms with Crippen LogP contribution < -0.4 is 16.3 Å². The van der Waals surface area contributed by atoms with Crippen molar-refractivity contribution >= 4 is 23.4 Å². The number of amides is 3. The Morgan fingerprint density at radius 1 is 0.968 bits per heavy atom. The average molecular weight is 422 g/mol. The van der Waals surface area contributed by atoms with E-state index in [4.69, 9.17) is 4.98 Å². The summed E-state index contributed by atoms with van der Waals surface area (Å²) in [5.41, 5.74) is 11.9. The average Bonchev–Trinajstić information content (AvgIpc) is 2.69. The minimum Gasteiger partial charge on any atom is -0.274 e. The van der Waals surface area contributed by atoms with Gasteiger partial charge in [-0.3, -0.25) is 30.2 Å². The zero-order valence-corrected chi connectivity index (χ0v) is 18.4. The summed E-state index contributed by atoms with van der Waals surface area (Å²) in [6.45, 7) is 8.74. The zero-order valence-electron chi connectivity index (χ0n) is 18.4. The molecule has 1 aromatic carbocycles. The van der Waals surface area contributed by atoms with Gasteiger partial charge in [-0.1, -0.05) is 44.2 Å². The molecule has 1 aliphatic carbocycles. The van der Waals surface area contributed by atoms with Crippen LogP contribution in [0.5, 0.6) is 0 Å². The zero-order chi connectivity index (χ0) is 22.8. The number of nitrogens with zero attached hydrogens (tertiary/aromatic N) is 2. The van der Waals surface area contributed by atoms with E-state index in [0.29, 0.717) is 35.4 Å². The fraction of sp³-hybridized carbons (Fsp3) is 0.348. The Bertz CT molecular complexity index is 1070. The number of pyridine rings is 1. The van der Waals surface area contributed by atoms with Crippen molar-refractivity contribution in [3.63, 3.8) is 0 Å². The van der Waals surface area contributed by atoms with Gasteiger partial charge in [-0.25, -0.2) is 5.43 Å². The molecule has 8 heteroatoms. The Kier molecular flexibility index (Phi) is 6.19. The SMILES string of the molecule is CC(=O)N/N=C1\CC(C)(C)Cc2nc(C)c(C(=O)NNC(C)=O)c(-c3ccccc3)c21. The van der Waals surface area contributed by atoms with E-state index < -0.39 is 5.91 Å². The molecule has 31 heavy (non-hydrogen) atoms. The monoisotopic (exact) mass is 421 g/mol. The smallest absolute Gasteiger partial charge is 0.272 e. The standard InChI is InChI=1S/C23H27N5O3/c1-13-19(22(31)28-26-15(3)30)20(16-9-7-6-8-10-16)21-17(24-13)11-23(4,5)12-18(21)27-25-14(2)29/h6-10H,11-12H2,1-5H3,(H,25,29)(H,26,30)(H,28,31)/b27-18+. The van der Waals surface area contributed by atoms with Crippen LogP contribution >= 0.6 is 0 Å². The molecule has 162 valence electrons. The van der Waals surface area contributed by atoms with E-state index in [0.717, 1.165) is 16.8 Å². The Morgan fingerprint density at radius 3 is 2.26 bits per heavy atom. The highest BCUT2D eigenvalue weighted by atomic mass is 16.2. The molecule has 3 rings (SSSR count). The summed E-state index contributed by atoms with van der Waals surface area (Å²) in [4.78, 5) is 40.7. The first kappa shape index (κ1) is 22.1. The van der Waals surface area contributed by atoms with Gasteiger partial charge in [0.05, 0.1) is 22.7 Å². The van der Waals surface area contributed by atoms with Gasteiger partial charge in [0.1, 0.15) is 0 Å². The van der Waals surface area contributed by atoms with Crippen LogP contribution in [-0.2, 0) is 16.0 Å². The van der Waals surface area contributed by atoms with Crippen molar-refractivity contribution in [2.75, 3.05) is 0 Å². The third-order valence-electron chi connectivity index (χ3n) is 5.02. The molecule has 0 fully saturated rings. The maximum absolute atomic E-state index is 13.1. The van der Waals surface area contributed by atoms with Crippen molar-refractivity contribution in [3.8, 4) is 11.1 Å². The molecule has 0 saturated carbocycles. The van der Waals surface area contributed by atoms with Crippen molar-refractivity contribution in [3.05, 3.63) is 52.8 Å². The van der Waals surface area contributed by atoms with Crippen LogP contribution in [0.1, 0.15) is 61.4 Å². The molecule has 3 amide bonds. The van der Waals surface area contributed by atoms with Gasteiger partial charge in [0, 0.05) is 25.0 Å². The number of carbonyl (C=O) groups is 3. The van der Waals surface area contributed by atoms with E-state index >= 15 is 0 Å². The van der Waals surface area contributed by atoms with E-state index in [2.05, 4.69) is 35.2 Å². The van der Waals surface area contributed by atoms with Gasteiger partial charge in [0.25, 0.3) is 5.91 Å².